The lowest BCUT2D eigenvalue weighted by Gasteiger charge is -2.05. The maximum Gasteiger partial charge on any atom is 0.139 e. The molecule has 0 aliphatic carbocycles. The Kier molecular flexibility index (Phi) is 2.38. The average molecular weight is 242 g/mol. The van der Waals surface area contributed by atoms with Crippen molar-refractivity contribution in [2.45, 2.75) is 6.54 Å². The van der Waals surface area contributed by atoms with Gasteiger partial charge in [0.25, 0.3) is 0 Å². The fourth-order valence-electron chi connectivity index (χ4n) is 2.50. The molecular formula is C14H14N2O2. The zero-order valence-electron chi connectivity index (χ0n) is 9.80. The van der Waals surface area contributed by atoms with Crippen LogP contribution in [0.5, 0.6) is 5.75 Å². The minimum absolute atomic E-state index is 0.0640. The first kappa shape index (κ1) is 10.9. The summed E-state index contributed by atoms with van der Waals surface area (Å²) in [5.74, 6) is 0.0920. The lowest BCUT2D eigenvalue weighted by Crippen LogP contribution is -2.01. The van der Waals surface area contributed by atoms with Crippen molar-refractivity contribution in [1.82, 2.24) is 4.57 Å². The molecule has 1 heterocycles. The fourth-order valence-corrected chi connectivity index (χ4v) is 2.50. The highest BCUT2D eigenvalue weighted by atomic mass is 16.3. The molecule has 0 bridgehead atoms. The van der Waals surface area contributed by atoms with Gasteiger partial charge in [-0.15, -0.1) is 0 Å². The van der Waals surface area contributed by atoms with Crippen molar-refractivity contribution < 1.29 is 10.2 Å². The summed E-state index contributed by atoms with van der Waals surface area (Å²) in [6.07, 6.45) is 0. The van der Waals surface area contributed by atoms with E-state index in [-0.39, 0.29) is 12.4 Å². The molecule has 92 valence electrons. The molecule has 1 aromatic heterocycles. The van der Waals surface area contributed by atoms with Crippen molar-refractivity contribution in [3.05, 3.63) is 36.4 Å². The highest BCUT2D eigenvalue weighted by Crippen LogP contribution is 2.37. The van der Waals surface area contributed by atoms with Gasteiger partial charge in [0.05, 0.1) is 17.8 Å². The molecular weight excluding hydrogens is 228 g/mol. The Balaban J connectivity index is 2.54. The summed E-state index contributed by atoms with van der Waals surface area (Å²) in [5.41, 5.74) is 8.30. The van der Waals surface area contributed by atoms with Crippen LogP contribution >= 0.6 is 0 Å². The van der Waals surface area contributed by atoms with Crippen LogP contribution in [0.25, 0.3) is 21.8 Å². The van der Waals surface area contributed by atoms with E-state index in [9.17, 15) is 10.2 Å². The molecule has 18 heavy (non-hydrogen) atoms. The molecule has 0 radical (unpaired) electrons. The highest BCUT2D eigenvalue weighted by Gasteiger charge is 2.13. The van der Waals surface area contributed by atoms with Gasteiger partial charge in [-0.05, 0) is 18.2 Å². The maximum atomic E-state index is 9.73. The third-order valence-electron chi connectivity index (χ3n) is 3.28. The van der Waals surface area contributed by atoms with Crippen LogP contribution in [-0.4, -0.2) is 21.4 Å². The van der Waals surface area contributed by atoms with Gasteiger partial charge < -0.3 is 20.5 Å². The number of aromatic hydroxyl groups is 1. The van der Waals surface area contributed by atoms with Gasteiger partial charge in [-0.3, -0.25) is 0 Å². The summed E-state index contributed by atoms with van der Waals surface area (Å²) in [5, 5.41) is 20.8. The second-order valence-electron chi connectivity index (χ2n) is 4.28. The summed E-state index contributed by atoms with van der Waals surface area (Å²) >= 11 is 0. The SMILES string of the molecule is Nc1c(O)ccc2c1c1ccccc1n2CCO. The average Bonchev–Trinajstić information content (AvgIpc) is 2.70. The summed E-state index contributed by atoms with van der Waals surface area (Å²) in [6, 6.07) is 11.3. The second-order valence-corrected chi connectivity index (χ2v) is 4.28. The van der Waals surface area contributed by atoms with Crippen LogP contribution in [0.3, 0.4) is 0 Å². The molecule has 0 amide bonds. The van der Waals surface area contributed by atoms with Gasteiger partial charge in [-0.1, -0.05) is 18.2 Å². The van der Waals surface area contributed by atoms with Crippen molar-refractivity contribution in [3.8, 4) is 5.75 Å². The minimum Gasteiger partial charge on any atom is -0.506 e. The number of anilines is 1. The number of aromatic nitrogens is 1. The van der Waals surface area contributed by atoms with Crippen LogP contribution in [-0.2, 0) is 6.54 Å². The van der Waals surface area contributed by atoms with E-state index in [0.717, 1.165) is 21.8 Å². The van der Waals surface area contributed by atoms with Gasteiger partial charge in [0.2, 0.25) is 0 Å². The zero-order valence-corrected chi connectivity index (χ0v) is 9.80. The summed E-state index contributed by atoms with van der Waals surface area (Å²) in [6.45, 7) is 0.572. The molecule has 4 heteroatoms. The molecule has 0 saturated heterocycles. The Bertz CT molecular complexity index is 731. The molecule has 0 aliphatic heterocycles. The number of aliphatic hydroxyl groups excluding tert-OH is 1. The zero-order chi connectivity index (χ0) is 12.7. The standard InChI is InChI=1S/C14H14N2O2/c15-14-12(18)6-5-11-13(14)9-3-1-2-4-10(9)16(11)7-8-17/h1-6,17-18H,7-8,15H2. The number of benzene rings is 2. The van der Waals surface area contributed by atoms with Gasteiger partial charge in [0, 0.05) is 22.8 Å². The number of phenols is 1. The molecule has 0 fully saturated rings. The Morgan fingerprint density at radius 1 is 1.06 bits per heavy atom. The van der Waals surface area contributed by atoms with Gasteiger partial charge in [-0.25, -0.2) is 0 Å². The molecule has 0 atom stereocenters. The topological polar surface area (TPSA) is 71.4 Å². The first-order chi connectivity index (χ1) is 8.74. The summed E-state index contributed by atoms with van der Waals surface area (Å²) < 4.78 is 2.01. The van der Waals surface area contributed by atoms with Crippen molar-refractivity contribution in [2.75, 3.05) is 12.3 Å². The van der Waals surface area contributed by atoms with Crippen LogP contribution in [0.15, 0.2) is 36.4 Å². The molecule has 4 nitrogen and oxygen atoms in total. The van der Waals surface area contributed by atoms with Crippen LogP contribution in [0.4, 0.5) is 5.69 Å². The smallest absolute Gasteiger partial charge is 0.139 e. The maximum absolute atomic E-state index is 9.73. The van der Waals surface area contributed by atoms with Crippen LogP contribution in [0.1, 0.15) is 0 Å². The lowest BCUT2D eigenvalue weighted by molar-refractivity contribution is 0.280. The molecule has 0 saturated carbocycles. The van der Waals surface area contributed by atoms with E-state index in [2.05, 4.69) is 0 Å². The predicted octanol–water partition coefficient (Wildman–Crippen LogP) is 2.07. The Morgan fingerprint density at radius 3 is 2.61 bits per heavy atom. The van der Waals surface area contributed by atoms with Gasteiger partial charge in [0.1, 0.15) is 5.75 Å². The van der Waals surface area contributed by atoms with E-state index >= 15 is 0 Å². The highest BCUT2D eigenvalue weighted by molar-refractivity contribution is 6.14. The largest absolute Gasteiger partial charge is 0.506 e. The Hall–Kier alpha value is -2.20. The van der Waals surface area contributed by atoms with E-state index < -0.39 is 0 Å². The summed E-state index contributed by atoms with van der Waals surface area (Å²) in [4.78, 5) is 0. The van der Waals surface area contributed by atoms with Crippen molar-refractivity contribution in [1.29, 1.82) is 0 Å². The number of hydrogen-bond donors (Lipinski definition) is 3. The summed E-state index contributed by atoms with van der Waals surface area (Å²) in [7, 11) is 0. The van der Waals surface area contributed by atoms with Gasteiger partial charge in [0.15, 0.2) is 0 Å². The normalized spacial score (nSPS) is 11.4. The molecule has 0 unspecified atom stereocenters. The van der Waals surface area contributed by atoms with E-state index in [1.807, 2.05) is 34.9 Å². The molecule has 0 aliphatic rings. The number of aliphatic hydroxyl groups is 1. The first-order valence-electron chi connectivity index (χ1n) is 5.83. The molecule has 3 aromatic rings. The number of nitrogens with two attached hydrogens (primary N) is 1. The van der Waals surface area contributed by atoms with Gasteiger partial charge >= 0.3 is 0 Å². The Labute approximate surface area is 104 Å². The van der Waals surface area contributed by atoms with Crippen LogP contribution < -0.4 is 5.73 Å². The molecule has 0 spiro atoms. The van der Waals surface area contributed by atoms with E-state index in [1.54, 1.807) is 6.07 Å². The Morgan fingerprint density at radius 2 is 1.83 bits per heavy atom. The monoisotopic (exact) mass is 242 g/mol. The minimum atomic E-state index is 0.0640. The molecule has 2 aromatic carbocycles. The van der Waals surface area contributed by atoms with E-state index in [1.165, 1.54) is 0 Å². The number of rotatable bonds is 2. The quantitative estimate of drug-likeness (QED) is 0.476. The number of para-hydroxylation sites is 1. The van der Waals surface area contributed by atoms with Crippen LogP contribution in [0, 0.1) is 0 Å². The van der Waals surface area contributed by atoms with Crippen molar-refractivity contribution >= 4 is 27.5 Å². The van der Waals surface area contributed by atoms with Gasteiger partial charge in [-0.2, -0.15) is 0 Å². The van der Waals surface area contributed by atoms with Crippen molar-refractivity contribution in [2.24, 2.45) is 0 Å². The second kappa shape index (κ2) is 3.92. The number of nitrogens with zero attached hydrogens (tertiary/aromatic N) is 1. The third kappa shape index (κ3) is 1.36. The molecule has 4 N–H and O–H groups in total. The molecule has 3 rings (SSSR count). The van der Waals surface area contributed by atoms with Crippen molar-refractivity contribution in [3.63, 3.8) is 0 Å². The van der Waals surface area contributed by atoms with E-state index in [0.29, 0.717) is 12.2 Å². The lowest BCUT2D eigenvalue weighted by atomic mass is 10.1. The number of fused-ring (bicyclic) bond motifs is 3. The predicted molar refractivity (Wildman–Crippen MR) is 72.6 cm³/mol. The number of phenolic OH excluding ortho intramolecular Hbond substituents is 1. The number of hydrogen-bond acceptors (Lipinski definition) is 3. The fraction of sp³-hybridized carbons (Fsp3) is 0.143. The first-order valence-corrected chi connectivity index (χ1v) is 5.83. The van der Waals surface area contributed by atoms with Crippen LogP contribution in [0.2, 0.25) is 0 Å². The van der Waals surface area contributed by atoms with E-state index in [4.69, 9.17) is 5.73 Å². The third-order valence-corrected chi connectivity index (χ3v) is 3.28. The number of nitrogen functional groups attached to an aromatic ring is 1.